The lowest BCUT2D eigenvalue weighted by molar-refractivity contribution is 0.410. The Morgan fingerprint density at radius 3 is 1.57 bits per heavy atom. The van der Waals surface area contributed by atoms with E-state index in [4.69, 9.17) is 5.53 Å². The number of unbranched alkanes of at least 4 members (excludes halogenated alkanes) is 10. The number of hydrogen-bond acceptors (Lipinski definition) is 1. The molecule has 3 nitrogen and oxygen atoms in total. The van der Waals surface area contributed by atoms with Gasteiger partial charge in [0.2, 0.25) is 0 Å². The molecule has 0 spiro atoms. The third-order valence-electron chi connectivity index (χ3n) is 4.33. The van der Waals surface area contributed by atoms with Crippen LogP contribution in [-0.2, 0) is 0 Å². The smallest absolute Gasteiger partial charge is 0.0286 e. The standard InChI is InChI=1S/C18H37N3/c1-3-5-7-9-11-13-15-18(17-20-21-19)16-14-12-10-8-6-4-2/h18H,3-17H2,1-2H3. The Balaban J connectivity index is 3.64. The predicted molar refractivity (Wildman–Crippen MR) is 93.5 cm³/mol. The minimum absolute atomic E-state index is 0.623. The van der Waals surface area contributed by atoms with Crippen LogP contribution in [0.5, 0.6) is 0 Å². The summed E-state index contributed by atoms with van der Waals surface area (Å²) in [6.07, 6.45) is 18.7. The summed E-state index contributed by atoms with van der Waals surface area (Å²) in [6, 6.07) is 0. The quantitative estimate of drug-likeness (QED) is 0.123. The minimum Gasteiger partial charge on any atom is -0.0937 e. The van der Waals surface area contributed by atoms with Crippen LogP contribution < -0.4 is 0 Å². The Labute approximate surface area is 132 Å². The summed E-state index contributed by atoms with van der Waals surface area (Å²) in [4.78, 5) is 2.94. The lowest BCUT2D eigenvalue weighted by Gasteiger charge is -2.14. The second-order valence-electron chi connectivity index (χ2n) is 6.39. The van der Waals surface area contributed by atoms with Crippen molar-refractivity contribution in [1.29, 1.82) is 0 Å². The zero-order valence-corrected chi connectivity index (χ0v) is 14.5. The van der Waals surface area contributed by atoms with E-state index in [2.05, 4.69) is 23.9 Å². The molecule has 0 bridgehead atoms. The van der Waals surface area contributed by atoms with Gasteiger partial charge in [0.15, 0.2) is 0 Å². The Kier molecular flexibility index (Phi) is 16.8. The summed E-state index contributed by atoms with van der Waals surface area (Å²) < 4.78 is 0. The first-order chi connectivity index (χ1) is 10.3. The van der Waals surface area contributed by atoms with Crippen molar-refractivity contribution in [2.24, 2.45) is 11.0 Å². The number of hydrogen-bond donors (Lipinski definition) is 0. The highest BCUT2D eigenvalue weighted by Gasteiger charge is 2.07. The molecule has 0 fully saturated rings. The molecule has 0 rings (SSSR count). The van der Waals surface area contributed by atoms with E-state index in [1.165, 1.54) is 89.9 Å². The van der Waals surface area contributed by atoms with E-state index < -0.39 is 0 Å². The molecule has 21 heavy (non-hydrogen) atoms. The maximum Gasteiger partial charge on any atom is 0.0286 e. The molecule has 0 unspecified atom stereocenters. The summed E-state index contributed by atoms with van der Waals surface area (Å²) >= 11 is 0. The second kappa shape index (κ2) is 17.4. The molecule has 0 radical (unpaired) electrons. The second-order valence-corrected chi connectivity index (χ2v) is 6.39. The third-order valence-corrected chi connectivity index (χ3v) is 4.33. The van der Waals surface area contributed by atoms with Gasteiger partial charge in [0.25, 0.3) is 0 Å². The molecule has 0 aromatic heterocycles. The summed E-state index contributed by atoms with van der Waals surface area (Å²) in [6.45, 7) is 5.23. The van der Waals surface area contributed by atoms with Gasteiger partial charge in [0.05, 0.1) is 0 Å². The number of nitrogens with zero attached hydrogens (tertiary/aromatic N) is 3. The van der Waals surface area contributed by atoms with Crippen LogP contribution in [0.25, 0.3) is 10.4 Å². The zero-order chi connectivity index (χ0) is 15.6. The molecule has 0 atom stereocenters. The van der Waals surface area contributed by atoms with E-state index >= 15 is 0 Å². The summed E-state index contributed by atoms with van der Waals surface area (Å²) in [7, 11) is 0. The van der Waals surface area contributed by atoms with Crippen LogP contribution in [0, 0.1) is 5.92 Å². The number of azide groups is 1. The van der Waals surface area contributed by atoms with Gasteiger partial charge in [-0.25, -0.2) is 0 Å². The Morgan fingerprint density at radius 2 is 1.14 bits per heavy atom. The highest BCUT2D eigenvalue weighted by Crippen LogP contribution is 2.19. The van der Waals surface area contributed by atoms with Crippen molar-refractivity contribution in [2.45, 2.75) is 104 Å². The lowest BCUT2D eigenvalue weighted by atomic mass is 9.94. The molecule has 124 valence electrons. The van der Waals surface area contributed by atoms with Crippen LogP contribution in [0.4, 0.5) is 0 Å². The lowest BCUT2D eigenvalue weighted by Crippen LogP contribution is -2.04. The fraction of sp³-hybridized carbons (Fsp3) is 1.00. The fourth-order valence-electron chi connectivity index (χ4n) is 2.91. The van der Waals surface area contributed by atoms with E-state index in [1.807, 2.05) is 0 Å². The van der Waals surface area contributed by atoms with Crippen LogP contribution in [0.3, 0.4) is 0 Å². The molecule has 0 aliphatic rings. The first kappa shape index (κ1) is 20.3. The van der Waals surface area contributed by atoms with Gasteiger partial charge in [-0.1, -0.05) is 109 Å². The van der Waals surface area contributed by atoms with Gasteiger partial charge in [-0.15, -0.1) is 0 Å². The van der Waals surface area contributed by atoms with Gasteiger partial charge in [0, 0.05) is 11.5 Å². The van der Waals surface area contributed by atoms with Crippen LogP contribution in [-0.4, -0.2) is 6.54 Å². The van der Waals surface area contributed by atoms with Crippen molar-refractivity contribution in [2.75, 3.05) is 6.54 Å². The summed E-state index contributed by atoms with van der Waals surface area (Å²) in [5.74, 6) is 0.623. The molecule has 0 saturated heterocycles. The molecule has 0 aromatic rings. The number of rotatable bonds is 16. The van der Waals surface area contributed by atoms with Crippen molar-refractivity contribution < 1.29 is 0 Å². The van der Waals surface area contributed by atoms with Crippen molar-refractivity contribution >= 4 is 0 Å². The van der Waals surface area contributed by atoms with E-state index in [-0.39, 0.29) is 0 Å². The maximum atomic E-state index is 8.51. The topological polar surface area (TPSA) is 48.8 Å². The Morgan fingerprint density at radius 1 is 0.714 bits per heavy atom. The molecule has 0 saturated carbocycles. The average Bonchev–Trinajstić information content (AvgIpc) is 2.50. The van der Waals surface area contributed by atoms with Crippen molar-refractivity contribution in [1.82, 2.24) is 0 Å². The maximum absolute atomic E-state index is 8.51. The summed E-state index contributed by atoms with van der Waals surface area (Å²) in [5.41, 5.74) is 8.51. The van der Waals surface area contributed by atoms with E-state index in [0.717, 1.165) is 0 Å². The Hall–Kier alpha value is -0.690. The zero-order valence-electron chi connectivity index (χ0n) is 14.5. The third kappa shape index (κ3) is 15.5. The van der Waals surface area contributed by atoms with E-state index in [9.17, 15) is 0 Å². The predicted octanol–water partition coefficient (Wildman–Crippen LogP) is 7.41. The van der Waals surface area contributed by atoms with E-state index in [0.29, 0.717) is 12.5 Å². The fourth-order valence-corrected chi connectivity index (χ4v) is 2.91. The van der Waals surface area contributed by atoms with Crippen LogP contribution in [0.15, 0.2) is 5.11 Å². The molecule has 0 N–H and O–H groups in total. The molecular formula is C18H37N3. The van der Waals surface area contributed by atoms with Crippen molar-refractivity contribution in [3.05, 3.63) is 10.4 Å². The molecule has 0 aliphatic heterocycles. The SMILES string of the molecule is CCCCCCCCC(CCCCCCCC)CN=[N+]=[N-]. The van der Waals surface area contributed by atoms with Gasteiger partial charge in [-0.05, 0) is 11.4 Å². The monoisotopic (exact) mass is 295 g/mol. The normalized spacial score (nSPS) is 10.8. The van der Waals surface area contributed by atoms with Gasteiger partial charge in [0.1, 0.15) is 0 Å². The first-order valence-electron chi connectivity index (χ1n) is 9.36. The first-order valence-corrected chi connectivity index (χ1v) is 9.36. The summed E-state index contributed by atoms with van der Waals surface area (Å²) in [5, 5.41) is 3.81. The largest absolute Gasteiger partial charge is 0.0937 e. The molecule has 0 amide bonds. The van der Waals surface area contributed by atoms with Crippen molar-refractivity contribution in [3.63, 3.8) is 0 Å². The minimum atomic E-state index is 0.623. The van der Waals surface area contributed by atoms with Crippen LogP contribution >= 0.6 is 0 Å². The molecule has 0 heterocycles. The molecular weight excluding hydrogens is 258 g/mol. The van der Waals surface area contributed by atoms with Gasteiger partial charge in [-0.3, -0.25) is 0 Å². The van der Waals surface area contributed by atoms with Crippen molar-refractivity contribution in [3.8, 4) is 0 Å². The average molecular weight is 296 g/mol. The molecule has 0 aromatic carbocycles. The molecule has 0 aliphatic carbocycles. The molecule has 3 heteroatoms. The highest BCUT2D eigenvalue weighted by atomic mass is 15.1. The van der Waals surface area contributed by atoms with Gasteiger partial charge in [-0.2, -0.15) is 0 Å². The van der Waals surface area contributed by atoms with Crippen LogP contribution in [0.2, 0.25) is 0 Å². The van der Waals surface area contributed by atoms with Crippen LogP contribution in [0.1, 0.15) is 104 Å². The van der Waals surface area contributed by atoms with Gasteiger partial charge >= 0.3 is 0 Å². The van der Waals surface area contributed by atoms with Gasteiger partial charge < -0.3 is 0 Å². The highest BCUT2D eigenvalue weighted by molar-refractivity contribution is 4.64. The van der Waals surface area contributed by atoms with E-state index in [1.54, 1.807) is 0 Å². The Bertz CT molecular complexity index is 231.